The summed E-state index contributed by atoms with van der Waals surface area (Å²) in [6, 6.07) is 7.65. The molecule has 0 saturated heterocycles. The number of carbonyl (C=O) groups is 1. The van der Waals surface area contributed by atoms with Gasteiger partial charge in [-0.25, -0.2) is 0 Å². The van der Waals surface area contributed by atoms with E-state index in [1.165, 1.54) is 5.56 Å². The molecule has 0 aliphatic carbocycles. The van der Waals surface area contributed by atoms with E-state index in [1.807, 2.05) is 26.1 Å². The third-order valence-electron chi connectivity index (χ3n) is 3.29. The molecule has 3 N–H and O–H groups in total. The summed E-state index contributed by atoms with van der Waals surface area (Å²) in [6.07, 6.45) is 0.467. The summed E-state index contributed by atoms with van der Waals surface area (Å²) in [5, 5.41) is 7.12. The Hall–Kier alpha value is -1.85. The van der Waals surface area contributed by atoms with Crippen molar-refractivity contribution in [3.05, 3.63) is 46.2 Å². The minimum absolute atomic E-state index is 0.0147. The third-order valence-corrected chi connectivity index (χ3v) is 4.02. The molecule has 4 nitrogen and oxygen atoms in total. The van der Waals surface area contributed by atoms with Crippen molar-refractivity contribution in [2.75, 3.05) is 24.6 Å². The van der Waals surface area contributed by atoms with Crippen LogP contribution in [0, 0.1) is 6.92 Å². The first-order valence-electron chi connectivity index (χ1n) is 6.90. The zero-order valence-electron chi connectivity index (χ0n) is 12.4. The second kappa shape index (κ2) is 7.24. The number of rotatable bonds is 6. The van der Waals surface area contributed by atoms with Crippen molar-refractivity contribution in [2.24, 2.45) is 0 Å². The van der Waals surface area contributed by atoms with Crippen molar-refractivity contribution < 1.29 is 4.79 Å². The quantitative estimate of drug-likeness (QED) is 0.806. The predicted molar refractivity (Wildman–Crippen MR) is 89.5 cm³/mol. The smallest absolute Gasteiger partial charge is 0.225 e. The molecule has 0 bridgehead atoms. The maximum absolute atomic E-state index is 12.0. The van der Waals surface area contributed by atoms with Crippen LogP contribution in [-0.2, 0) is 11.3 Å². The number of nitrogens with two attached hydrogens (primary N) is 1. The molecule has 112 valence electrons. The van der Waals surface area contributed by atoms with Crippen LogP contribution in [0.1, 0.15) is 17.5 Å². The van der Waals surface area contributed by atoms with Gasteiger partial charge in [-0.3, -0.25) is 4.79 Å². The highest BCUT2D eigenvalue weighted by molar-refractivity contribution is 7.07. The Bertz CT molecular complexity index is 596. The van der Waals surface area contributed by atoms with E-state index < -0.39 is 0 Å². The maximum Gasteiger partial charge on any atom is 0.225 e. The molecule has 0 aliphatic rings. The molecule has 0 atom stereocenters. The molecule has 0 unspecified atom stereocenters. The standard InChI is InChI=1S/C16H21N3OS/c1-12-3-4-14(17)9-15(12)18-16(20)5-7-19(2)10-13-6-8-21-11-13/h3-4,6,8-9,11H,5,7,10,17H2,1-2H3,(H,18,20). The van der Waals surface area contributed by atoms with Crippen LogP contribution < -0.4 is 11.1 Å². The lowest BCUT2D eigenvalue weighted by Crippen LogP contribution is -2.24. The molecule has 0 radical (unpaired) electrons. The summed E-state index contributed by atoms with van der Waals surface area (Å²) in [7, 11) is 2.02. The highest BCUT2D eigenvalue weighted by Crippen LogP contribution is 2.18. The average Bonchev–Trinajstić information content (AvgIpc) is 2.93. The van der Waals surface area contributed by atoms with E-state index in [2.05, 4.69) is 27.0 Å². The van der Waals surface area contributed by atoms with Gasteiger partial charge >= 0.3 is 0 Å². The van der Waals surface area contributed by atoms with E-state index >= 15 is 0 Å². The first kappa shape index (κ1) is 15.5. The fraction of sp³-hybridized carbons (Fsp3) is 0.312. The van der Waals surface area contributed by atoms with Crippen LogP contribution in [0.25, 0.3) is 0 Å². The van der Waals surface area contributed by atoms with Gasteiger partial charge < -0.3 is 16.0 Å². The summed E-state index contributed by atoms with van der Waals surface area (Å²) < 4.78 is 0. The number of amides is 1. The van der Waals surface area contributed by atoms with Gasteiger partial charge in [0.15, 0.2) is 0 Å². The van der Waals surface area contributed by atoms with Gasteiger partial charge in [-0.15, -0.1) is 0 Å². The van der Waals surface area contributed by atoms with Gasteiger partial charge in [0.25, 0.3) is 0 Å². The number of thiophene rings is 1. The minimum atomic E-state index is 0.0147. The molecule has 1 aromatic carbocycles. The Kier molecular flexibility index (Phi) is 5.36. The Morgan fingerprint density at radius 2 is 2.19 bits per heavy atom. The van der Waals surface area contributed by atoms with Crippen LogP contribution in [0.4, 0.5) is 11.4 Å². The van der Waals surface area contributed by atoms with Crippen molar-refractivity contribution in [3.63, 3.8) is 0 Å². The van der Waals surface area contributed by atoms with Crippen LogP contribution in [0.15, 0.2) is 35.0 Å². The molecule has 0 aliphatic heterocycles. The lowest BCUT2D eigenvalue weighted by atomic mass is 10.2. The van der Waals surface area contributed by atoms with Gasteiger partial charge in [-0.05, 0) is 54.1 Å². The average molecular weight is 303 g/mol. The number of carbonyl (C=O) groups excluding carboxylic acids is 1. The lowest BCUT2D eigenvalue weighted by Gasteiger charge is -2.16. The number of nitrogens with one attached hydrogen (secondary N) is 1. The predicted octanol–water partition coefficient (Wildman–Crippen LogP) is 3.10. The molecule has 1 aromatic heterocycles. The second-order valence-electron chi connectivity index (χ2n) is 5.24. The molecule has 0 fully saturated rings. The lowest BCUT2D eigenvalue weighted by molar-refractivity contribution is -0.116. The van der Waals surface area contributed by atoms with Crippen LogP contribution >= 0.6 is 11.3 Å². The molecule has 21 heavy (non-hydrogen) atoms. The van der Waals surface area contributed by atoms with Crippen LogP contribution in [0.2, 0.25) is 0 Å². The van der Waals surface area contributed by atoms with E-state index in [4.69, 9.17) is 5.73 Å². The van der Waals surface area contributed by atoms with Crippen LogP contribution in [0.3, 0.4) is 0 Å². The van der Waals surface area contributed by atoms with Gasteiger partial charge in [0.2, 0.25) is 5.91 Å². The molecule has 0 saturated carbocycles. The summed E-state index contributed by atoms with van der Waals surface area (Å²) in [5.74, 6) is 0.0147. The zero-order valence-corrected chi connectivity index (χ0v) is 13.2. The number of hydrogen-bond acceptors (Lipinski definition) is 4. The SMILES string of the molecule is Cc1ccc(N)cc1NC(=O)CCN(C)Cc1ccsc1. The Morgan fingerprint density at radius 1 is 1.38 bits per heavy atom. The van der Waals surface area contributed by atoms with Gasteiger partial charge in [-0.2, -0.15) is 11.3 Å². The fourth-order valence-corrected chi connectivity index (χ4v) is 2.71. The first-order chi connectivity index (χ1) is 10.0. The van der Waals surface area contributed by atoms with Gasteiger partial charge in [0.05, 0.1) is 0 Å². The largest absolute Gasteiger partial charge is 0.399 e. The van der Waals surface area contributed by atoms with Crippen LogP contribution in [-0.4, -0.2) is 24.4 Å². The molecule has 0 spiro atoms. The monoisotopic (exact) mass is 303 g/mol. The van der Waals surface area contributed by atoms with Crippen LogP contribution in [0.5, 0.6) is 0 Å². The topological polar surface area (TPSA) is 58.4 Å². The van der Waals surface area contributed by atoms with E-state index in [0.717, 1.165) is 24.3 Å². The van der Waals surface area contributed by atoms with Crippen molar-refractivity contribution in [1.82, 2.24) is 4.90 Å². The Morgan fingerprint density at radius 3 is 2.90 bits per heavy atom. The maximum atomic E-state index is 12.0. The molecule has 1 amide bonds. The van der Waals surface area contributed by atoms with E-state index in [0.29, 0.717) is 12.1 Å². The summed E-state index contributed by atoms with van der Waals surface area (Å²) in [6.45, 7) is 3.55. The zero-order chi connectivity index (χ0) is 15.2. The fourth-order valence-electron chi connectivity index (χ4n) is 2.05. The molecule has 2 aromatic rings. The first-order valence-corrected chi connectivity index (χ1v) is 7.84. The highest BCUT2D eigenvalue weighted by atomic mass is 32.1. The summed E-state index contributed by atoms with van der Waals surface area (Å²) in [5.41, 5.74) is 9.50. The highest BCUT2D eigenvalue weighted by Gasteiger charge is 2.07. The number of hydrogen-bond donors (Lipinski definition) is 2. The summed E-state index contributed by atoms with van der Waals surface area (Å²) in [4.78, 5) is 14.2. The number of nitrogens with zero attached hydrogens (tertiary/aromatic N) is 1. The van der Waals surface area contributed by atoms with Gasteiger partial charge in [-0.1, -0.05) is 6.07 Å². The van der Waals surface area contributed by atoms with Crippen molar-refractivity contribution in [2.45, 2.75) is 19.9 Å². The molecule has 2 rings (SSSR count). The molecule has 5 heteroatoms. The molecule has 1 heterocycles. The number of anilines is 2. The number of aryl methyl sites for hydroxylation is 1. The molecular weight excluding hydrogens is 282 g/mol. The van der Waals surface area contributed by atoms with Gasteiger partial charge in [0.1, 0.15) is 0 Å². The van der Waals surface area contributed by atoms with Crippen molar-refractivity contribution >= 4 is 28.6 Å². The van der Waals surface area contributed by atoms with Gasteiger partial charge in [0, 0.05) is 30.9 Å². The van der Waals surface area contributed by atoms with E-state index in [-0.39, 0.29) is 5.91 Å². The Labute approximate surface area is 129 Å². The van der Waals surface area contributed by atoms with E-state index in [9.17, 15) is 4.79 Å². The number of benzene rings is 1. The second-order valence-corrected chi connectivity index (χ2v) is 6.02. The normalized spacial score (nSPS) is 10.8. The van der Waals surface area contributed by atoms with Crippen molar-refractivity contribution in [3.8, 4) is 0 Å². The minimum Gasteiger partial charge on any atom is -0.399 e. The van der Waals surface area contributed by atoms with E-state index in [1.54, 1.807) is 17.4 Å². The number of nitrogen functional groups attached to an aromatic ring is 1. The summed E-state index contributed by atoms with van der Waals surface area (Å²) >= 11 is 1.69. The van der Waals surface area contributed by atoms with Crippen molar-refractivity contribution in [1.29, 1.82) is 0 Å². The Balaban J connectivity index is 1.80. The molecular formula is C16H21N3OS. The third kappa shape index (κ3) is 4.88.